The van der Waals surface area contributed by atoms with Gasteiger partial charge < -0.3 is 10.5 Å². The van der Waals surface area contributed by atoms with Crippen molar-refractivity contribution in [2.75, 3.05) is 6.61 Å². The third-order valence-corrected chi connectivity index (χ3v) is 3.97. The molecule has 1 aliphatic carbocycles. The number of nitrogens with two attached hydrogens (primary N) is 1. The molecule has 1 aromatic carbocycles. The highest BCUT2D eigenvalue weighted by Gasteiger charge is 2.32. The van der Waals surface area contributed by atoms with E-state index in [2.05, 4.69) is 0 Å². The van der Waals surface area contributed by atoms with Crippen molar-refractivity contribution in [1.29, 1.82) is 0 Å². The second-order valence-electron chi connectivity index (χ2n) is 5.67. The van der Waals surface area contributed by atoms with Gasteiger partial charge in [0.15, 0.2) is 0 Å². The van der Waals surface area contributed by atoms with Crippen LogP contribution in [0.25, 0.3) is 0 Å². The molecule has 0 bridgehead atoms. The number of hydrogen-bond acceptors (Lipinski definition) is 3. The molecule has 0 saturated heterocycles. The Labute approximate surface area is 115 Å². The summed E-state index contributed by atoms with van der Waals surface area (Å²) < 4.78 is 5.44. The van der Waals surface area contributed by atoms with E-state index in [0.717, 1.165) is 5.56 Å². The van der Waals surface area contributed by atoms with Gasteiger partial charge in [-0.05, 0) is 31.2 Å². The second-order valence-corrected chi connectivity index (χ2v) is 5.67. The Bertz CT molecular complexity index is 408. The van der Waals surface area contributed by atoms with Gasteiger partial charge in [-0.1, -0.05) is 49.6 Å². The number of benzene rings is 1. The van der Waals surface area contributed by atoms with Gasteiger partial charge in [-0.15, -0.1) is 0 Å². The molecule has 0 radical (unpaired) electrons. The molecular formula is C16H23NO2. The molecule has 0 spiro atoms. The normalized spacial score (nSPS) is 19.7. The number of hydrogen-bond donors (Lipinski definition) is 1. The number of carbonyl (C=O) groups is 1. The number of ether oxygens (including phenoxy) is 1. The van der Waals surface area contributed by atoms with Crippen LogP contribution in [-0.4, -0.2) is 12.6 Å². The summed E-state index contributed by atoms with van der Waals surface area (Å²) >= 11 is 0. The Morgan fingerprint density at radius 2 is 1.89 bits per heavy atom. The Hall–Kier alpha value is -1.35. The lowest BCUT2D eigenvalue weighted by molar-refractivity contribution is -0.151. The van der Waals surface area contributed by atoms with Crippen molar-refractivity contribution in [2.45, 2.75) is 44.6 Å². The summed E-state index contributed by atoms with van der Waals surface area (Å²) in [5.41, 5.74) is 5.86. The highest BCUT2D eigenvalue weighted by molar-refractivity contribution is 5.81. The van der Waals surface area contributed by atoms with Crippen LogP contribution in [0.1, 0.15) is 44.6 Å². The zero-order valence-corrected chi connectivity index (χ0v) is 11.6. The van der Waals surface area contributed by atoms with Gasteiger partial charge in [-0.3, -0.25) is 0 Å². The van der Waals surface area contributed by atoms with E-state index in [1.165, 1.54) is 32.1 Å². The molecule has 1 unspecified atom stereocenters. The Morgan fingerprint density at radius 1 is 1.26 bits per heavy atom. The highest BCUT2D eigenvalue weighted by Crippen LogP contribution is 2.25. The summed E-state index contributed by atoms with van der Waals surface area (Å²) in [6.07, 6.45) is 6.14. The van der Waals surface area contributed by atoms with E-state index >= 15 is 0 Å². The van der Waals surface area contributed by atoms with Crippen LogP contribution < -0.4 is 5.73 Å². The largest absolute Gasteiger partial charge is 0.464 e. The lowest BCUT2D eigenvalue weighted by atomic mass is 9.90. The van der Waals surface area contributed by atoms with Crippen LogP contribution in [0.3, 0.4) is 0 Å². The van der Waals surface area contributed by atoms with Crippen molar-refractivity contribution in [3.05, 3.63) is 35.9 Å². The second kappa shape index (κ2) is 6.20. The van der Waals surface area contributed by atoms with Crippen LogP contribution >= 0.6 is 0 Å². The first kappa shape index (κ1) is 14.1. The molecule has 19 heavy (non-hydrogen) atoms. The van der Waals surface area contributed by atoms with E-state index in [-0.39, 0.29) is 5.97 Å². The fourth-order valence-electron chi connectivity index (χ4n) is 2.60. The minimum Gasteiger partial charge on any atom is -0.464 e. The third-order valence-electron chi connectivity index (χ3n) is 3.97. The quantitative estimate of drug-likeness (QED) is 0.848. The van der Waals surface area contributed by atoms with Gasteiger partial charge in [0.2, 0.25) is 0 Å². The van der Waals surface area contributed by atoms with E-state index in [1.54, 1.807) is 6.92 Å². The van der Waals surface area contributed by atoms with Gasteiger partial charge in [0.25, 0.3) is 0 Å². The smallest absolute Gasteiger partial charge is 0.330 e. The fraction of sp³-hybridized carbons (Fsp3) is 0.562. The van der Waals surface area contributed by atoms with Crippen LogP contribution in [0.2, 0.25) is 0 Å². The summed E-state index contributed by atoms with van der Waals surface area (Å²) in [4.78, 5) is 12.2. The van der Waals surface area contributed by atoms with Crippen molar-refractivity contribution in [3.63, 3.8) is 0 Å². The molecule has 2 N–H and O–H groups in total. The molecule has 0 heterocycles. The molecule has 0 aromatic heterocycles. The third kappa shape index (κ3) is 3.57. The van der Waals surface area contributed by atoms with Crippen LogP contribution in [-0.2, 0) is 15.1 Å². The molecule has 1 saturated carbocycles. The fourth-order valence-corrected chi connectivity index (χ4v) is 2.60. The molecule has 2 rings (SSSR count). The molecule has 1 aliphatic rings. The minimum atomic E-state index is -1.06. The van der Waals surface area contributed by atoms with Crippen molar-refractivity contribution >= 4 is 5.97 Å². The van der Waals surface area contributed by atoms with Gasteiger partial charge in [0, 0.05) is 0 Å². The molecule has 1 atom stereocenters. The maximum absolute atomic E-state index is 12.2. The lowest BCUT2D eigenvalue weighted by Gasteiger charge is -2.26. The molecule has 3 heteroatoms. The van der Waals surface area contributed by atoms with Crippen molar-refractivity contribution in [1.82, 2.24) is 0 Å². The molecule has 0 amide bonds. The summed E-state index contributed by atoms with van der Waals surface area (Å²) in [5, 5.41) is 0. The Kier molecular flexibility index (Phi) is 4.59. The predicted molar refractivity (Wildman–Crippen MR) is 75.5 cm³/mol. The van der Waals surface area contributed by atoms with Gasteiger partial charge in [0.05, 0.1) is 6.61 Å². The number of carbonyl (C=O) groups excluding carboxylic acids is 1. The van der Waals surface area contributed by atoms with E-state index in [9.17, 15) is 4.79 Å². The summed E-state index contributed by atoms with van der Waals surface area (Å²) in [6, 6.07) is 9.40. The zero-order chi connectivity index (χ0) is 13.7. The first-order valence-corrected chi connectivity index (χ1v) is 7.12. The first-order valence-electron chi connectivity index (χ1n) is 7.12. The summed E-state index contributed by atoms with van der Waals surface area (Å²) in [7, 11) is 0. The topological polar surface area (TPSA) is 52.3 Å². The average molecular weight is 261 g/mol. The van der Waals surface area contributed by atoms with E-state index in [0.29, 0.717) is 12.5 Å². The number of rotatable bonds is 4. The molecule has 1 aromatic rings. The lowest BCUT2D eigenvalue weighted by Crippen LogP contribution is -2.43. The van der Waals surface area contributed by atoms with Gasteiger partial charge in [0.1, 0.15) is 5.54 Å². The molecule has 1 fully saturated rings. The van der Waals surface area contributed by atoms with Crippen molar-refractivity contribution in [3.8, 4) is 0 Å². The van der Waals surface area contributed by atoms with Gasteiger partial charge in [-0.2, -0.15) is 0 Å². The molecule has 104 valence electrons. The molecule has 3 nitrogen and oxygen atoms in total. The average Bonchev–Trinajstić information content (AvgIpc) is 2.46. The Morgan fingerprint density at radius 3 is 2.53 bits per heavy atom. The van der Waals surface area contributed by atoms with Crippen molar-refractivity contribution < 1.29 is 9.53 Å². The minimum absolute atomic E-state index is 0.329. The van der Waals surface area contributed by atoms with E-state index < -0.39 is 5.54 Å². The van der Waals surface area contributed by atoms with Crippen LogP contribution in [0.4, 0.5) is 0 Å². The predicted octanol–water partition coefficient (Wildman–Crippen LogP) is 2.98. The summed E-state index contributed by atoms with van der Waals surface area (Å²) in [6.45, 7) is 2.23. The van der Waals surface area contributed by atoms with Crippen LogP contribution in [0.5, 0.6) is 0 Å². The van der Waals surface area contributed by atoms with Gasteiger partial charge >= 0.3 is 5.97 Å². The first-order chi connectivity index (χ1) is 9.10. The van der Waals surface area contributed by atoms with Crippen LogP contribution in [0, 0.1) is 5.92 Å². The summed E-state index contributed by atoms with van der Waals surface area (Å²) in [5.74, 6) is 0.188. The molecule has 0 aliphatic heterocycles. The van der Waals surface area contributed by atoms with Gasteiger partial charge in [-0.25, -0.2) is 4.79 Å². The standard InChI is InChI=1S/C16H23NO2/c1-16(17,14-10-6-3-7-11-14)15(18)19-12-13-8-4-2-5-9-13/h3,6-7,10-11,13H,2,4-5,8-9,12,17H2,1H3. The highest BCUT2D eigenvalue weighted by atomic mass is 16.5. The maximum atomic E-state index is 12.2. The molecular weight excluding hydrogens is 238 g/mol. The zero-order valence-electron chi connectivity index (χ0n) is 11.6. The maximum Gasteiger partial charge on any atom is 0.330 e. The monoisotopic (exact) mass is 261 g/mol. The Balaban J connectivity index is 1.91. The van der Waals surface area contributed by atoms with Crippen LogP contribution in [0.15, 0.2) is 30.3 Å². The van der Waals surface area contributed by atoms with E-state index in [4.69, 9.17) is 10.5 Å². The van der Waals surface area contributed by atoms with Crippen molar-refractivity contribution in [2.24, 2.45) is 11.7 Å². The number of esters is 1. The SMILES string of the molecule is CC(N)(C(=O)OCC1CCCCC1)c1ccccc1. The van der Waals surface area contributed by atoms with E-state index in [1.807, 2.05) is 30.3 Å².